The Bertz CT molecular complexity index is 312. The van der Waals surface area contributed by atoms with Gasteiger partial charge in [0.05, 0.1) is 19.8 Å². The highest BCUT2D eigenvalue weighted by Crippen LogP contribution is 2.02. The Morgan fingerprint density at radius 1 is 1.39 bits per heavy atom. The molecule has 2 heterocycles. The molecule has 0 atom stereocenters. The number of aromatic amines is 1. The van der Waals surface area contributed by atoms with E-state index in [1.54, 1.807) is 6.20 Å². The van der Waals surface area contributed by atoms with Gasteiger partial charge in [-0.2, -0.15) is 5.10 Å². The predicted molar refractivity (Wildman–Crippen MR) is 68.2 cm³/mol. The molecule has 6 heteroatoms. The van der Waals surface area contributed by atoms with Crippen LogP contribution in [-0.4, -0.2) is 77.6 Å². The third kappa shape index (κ3) is 4.38. The number of aliphatic hydroxyl groups excluding tert-OH is 1. The Morgan fingerprint density at radius 3 is 2.89 bits per heavy atom. The average Bonchev–Trinajstić information content (AvgIpc) is 2.90. The number of hydrogen-bond donors (Lipinski definition) is 2. The van der Waals surface area contributed by atoms with E-state index in [-0.39, 0.29) is 6.61 Å². The summed E-state index contributed by atoms with van der Waals surface area (Å²) < 4.78 is 5.33. The Morgan fingerprint density at radius 2 is 2.22 bits per heavy atom. The van der Waals surface area contributed by atoms with E-state index in [1.807, 2.05) is 6.07 Å². The SMILES string of the molecule is OCCN(CCN1CCOCC1)Cc1ccn[nH]1. The minimum absolute atomic E-state index is 0.192. The summed E-state index contributed by atoms with van der Waals surface area (Å²) in [6.45, 7) is 7.37. The van der Waals surface area contributed by atoms with Gasteiger partial charge in [0.25, 0.3) is 0 Å². The zero-order valence-corrected chi connectivity index (χ0v) is 10.7. The molecule has 18 heavy (non-hydrogen) atoms. The first-order chi connectivity index (χ1) is 8.88. The molecule has 6 nitrogen and oxygen atoms in total. The van der Waals surface area contributed by atoms with Crippen LogP contribution in [0.25, 0.3) is 0 Å². The summed E-state index contributed by atoms with van der Waals surface area (Å²) in [6.07, 6.45) is 1.76. The van der Waals surface area contributed by atoms with Crippen molar-refractivity contribution in [2.75, 3.05) is 52.5 Å². The van der Waals surface area contributed by atoms with Crippen molar-refractivity contribution in [3.8, 4) is 0 Å². The zero-order valence-electron chi connectivity index (χ0n) is 10.7. The van der Waals surface area contributed by atoms with Crippen LogP contribution < -0.4 is 0 Å². The third-order valence-electron chi connectivity index (χ3n) is 3.20. The molecule has 2 rings (SSSR count). The number of morpholine rings is 1. The maximum absolute atomic E-state index is 9.10. The minimum atomic E-state index is 0.192. The fourth-order valence-corrected chi connectivity index (χ4v) is 2.13. The molecule has 0 radical (unpaired) electrons. The molecular formula is C12H22N4O2. The molecule has 0 spiro atoms. The second kappa shape index (κ2) is 7.48. The molecule has 0 bridgehead atoms. The van der Waals surface area contributed by atoms with E-state index < -0.39 is 0 Å². The fourth-order valence-electron chi connectivity index (χ4n) is 2.13. The molecule has 1 aromatic rings. The van der Waals surface area contributed by atoms with Gasteiger partial charge in [-0.05, 0) is 6.07 Å². The molecule has 1 fully saturated rings. The number of H-pyrrole nitrogens is 1. The molecule has 1 saturated heterocycles. The van der Waals surface area contributed by atoms with Gasteiger partial charge in [-0.3, -0.25) is 14.9 Å². The Labute approximate surface area is 108 Å². The first-order valence-corrected chi connectivity index (χ1v) is 6.50. The molecule has 1 aliphatic rings. The lowest BCUT2D eigenvalue weighted by molar-refractivity contribution is 0.0319. The van der Waals surface area contributed by atoms with E-state index in [9.17, 15) is 0 Å². The molecule has 1 aromatic heterocycles. The first kappa shape index (κ1) is 13.5. The molecular weight excluding hydrogens is 232 g/mol. The van der Waals surface area contributed by atoms with Crippen LogP contribution in [0.15, 0.2) is 12.3 Å². The Hall–Kier alpha value is -0.950. The molecule has 0 saturated carbocycles. The Balaban J connectivity index is 1.74. The maximum atomic E-state index is 9.10. The van der Waals surface area contributed by atoms with Gasteiger partial charge in [-0.1, -0.05) is 0 Å². The van der Waals surface area contributed by atoms with Crippen LogP contribution in [0.3, 0.4) is 0 Å². The molecule has 102 valence electrons. The number of aromatic nitrogens is 2. The van der Waals surface area contributed by atoms with Crippen LogP contribution in [0, 0.1) is 0 Å². The van der Waals surface area contributed by atoms with Crippen LogP contribution in [0.4, 0.5) is 0 Å². The molecule has 1 aliphatic heterocycles. The topological polar surface area (TPSA) is 64.6 Å². The number of rotatable bonds is 7. The average molecular weight is 254 g/mol. The number of aliphatic hydroxyl groups is 1. The molecule has 0 aliphatic carbocycles. The van der Waals surface area contributed by atoms with Crippen LogP contribution in [0.5, 0.6) is 0 Å². The van der Waals surface area contributed by atoms with Gasteiger partial charge in [0, 0.05) is 51.2 Å². The van der Waals surface area contributed by atoms with Gasteiger partial charge in [0.15, 0.2) is 0 Å². The van der Waals surface area contributed by atoms with Gasteiger partial charge in [0.2, 0.25) is 0 Å². The summed E-state index contributed by atoms with van der Waals surface area (Å²) in [7, 11) is 0. The second-order valence-corrected chi connectivity index (χ2v) is 4.54. The summed E-state index contributed by atoms with van der Waals surface area (Å²) in [5.41, 5.74) is 1.09. The van der Waals surface area contributed by atoms with Gasteiger partial charge in [0.1, 0.15) is 0 Å². The van der Waals surface area contributed by atoms with Crippen molar-refractivity contribution >= 4 is 0 Å². The Kier molecular flexibility index (Phi) is 5.60. The number of nitrogens with one attached hydrogen (secondary N) is 1. The highest BCUT2D eigenvalue weighted by atomic mass is 16.5. The molecule has 2 N–H and O–H groups in total. The van der Waals surface area contributed by atoms with Crippen LogP contribution in [0.2, 0.25) is 0 Å². The van der Waals surface area contributed by atoms with Crippen molar-refractivity contribution in [2.45, 2.75) is 6.54 Å². The summed E-state index contributed by atoms with van der Waals surface area (Å²) in [5.74, 6) is 0. The van der Waals surface area contributed by atoms with Crippen LogP contribution in [-0.2, 0) is 11.3 Å². The van der Waals surface area contributed by atoms with Crippen molar-refractivity contribution in [3.05, 3.63) is 18.0 Å². The van der Waals surface area contributed by atoms with Gasteiger partial charge in [-0.25, -0.2) is 0 Å². The van der Waals surface area contributed by atoms with E-state index in [0.29, 0.717) is 6.54 Å². The summed E-state index contributed by atoms with van der Waals surface area (Å²) in [5, 5.41) is 16.0. The number of ether oxygens (including phenoxy) is 1. The van der Waals surface area contributed by atoms with E-state index in [2.05, 4.69) is 20.0 Å². The lowest BCUT2D eigenvalue weighted by Gasteiger charge is -2.29. The van der Waals surface area contributed by atoms with Crippen molar-refractivity contribution in [3.63, 3.8) is 0 Å². The summed E-state index contributed by atoms with van der Waals surface area (Å²) in [6, 6.07) is 1.97. The molecule has 0 aromatic carbocycles. The van der Waals surface area contributed by atoms with Crippen molar-refractivity contribution in [1.82, 2.24) is 20.0 Å². The predicted octanol–water partition coefficient (Wildman–Crippen LogP) is -0.464. The van der Waals surface area contributed by atoms with Gasteiger partial charge < -0.3 is 9.84 Å². The highest BCUT2D eigenvalue weighted by molar-refractivity contribution is 4.97. The monoisotopic (exact) mass is 254 g/mol. The van der Waals surface area contributed by atoms with E-state index >= 15 is 0 Å². The van der Waals surface area contributed by atoms with E-state index in [4.69, 9.17) is 9.84 Å². The lowest BCUT2D eigenvalue weighted by atomic mass is 10.3. The van der Waals surface area contributed by atoms with Crippen molar-refractivity contribution < 1.29 is 9.84 Å². The molecule has 0 unspecified atom stereocenters. The number of nitrogens with zero attached hydrogens (tertiary/aromatic N) is 3. The second-order valence-electron chi connectivity index (χ2n) is 4.54. The summed E-state index contributed by atoms with van der Waals surface area (Å²) >= 11 is 0. The zero-order chi connectivity index (χ0) is 12.6. The van der Waals surface area contributed by atoms with Crippen molar-refractivity contribution in [1.29, 1.82) is 0 Å². The largest absolute Gasteiger partial charge is 0.395 e. The quantitative estimate of drug-likeness (QED) is 0.689. The fraction of sp³-hybridized carbons (Fsp3) is 0.750. The highest BCUT2D eigenvalue weighted by Gasteiger charge is 2.12. The standard InChI is InChI=1S/C12H22N4O2/c17-8-5-16(11-12-1-2-13-14-12)4-3-15-6-9-18-10-7-15/h1-2,17H,3-11H2,(H,13,14). The first-order valence-electron chi connectivity index (χ1n) is 6.50. The van der Waals surface area contributed by atoms with E-state index in [0.717, 1.165) is 51.6 Å². The normalized spacial score (nSPS) is 17.4. The van der Waals surface area contributed by atoms with Crippen molar-refractivity contribution in [2.24, 2.45) is 0 Å². The van der Waals surface area contributed by atoms with Gasteiger partial charge in [-0.15, -0.1) is 0 Å². The molecule has 0 amide bonds. The van der Waals surface area contributed by atoms with Crippen LogP contribution in [0.1, 0.15) is 5.69 Å². The third-order valence-corrected chi connectivity index (χ3v) is 3.20. The number of hydrogen-bond acceptors (Lipinski definition) is 5. The minimum Gasteiger partial charge on any atom is -0.395 e. The lowest BCUT2D eigenvalue weighted by Crippen LogP contribution is -2.41. The summed E-state index contributed by atoms with van der Waals surface area (Å²) in [4.78, 5) is 4.64. The smallest absolute Gasteiger partial charge is 0.0594 e. The van der Waals surface area contributed by atoms with Crippen LogP contribution >= 0.6 is 0 Å². The maximum Gasteiger partial charge on any atom is 0.0594 e. The van der Waals surface area contributed by atoms with E-state index in [1.165, 1.54) is 0 Å². The van der Waals surface area contributed by atoms with Gasteiger partial charge >= 0.3 is 0 Å².